The molecular weight excluding hydrogens is 302 g/mol. The first-order valence-electron chi connectivity index (χ1n) is 9.27. The van der Waals surface area contributed by atoms with Gasteiger partial charge in [-0.05, 0) is 12.0 Å². The summed E-state index contributed by atoms with van der Waals surface area (Å²) in [5.74, 6) is 0.768. The zero-order valence-electron chi connectivity index (χ0n) is 14.8. The second-order valence-electron chi connectivity index (χ2n) is 6.74. The highest BCUT2D eigenvalue weighted by Gasteiger charge is 2.48. The molecule has 4 heteroatoms. The molecule has 2 aliphatic heterocycles. The van der Waals surface area contributed by atoms with Crippen LogP contribution in [0.3, 0.4) is 0 Å². The van der Waals surface area contributed by atoms with Crippen LogP contribution < -0.4 is 0 Å². The van der Waals surface area contributed by atoms with Gasteiger partial charge in [0, 0.05) is 7.11 Å². The lowest BCUT2D eigenvalue weighted by Gasteiger charge is -2.17. The number of epoxide rings is 1. The minimum absolute atomic E-state index is 0.0156. The second kappa shape index (κ2) is 8.63. The molecular formula is C20H29NO3. The van der Waals surface area contributed by atoms with E-state index in [-0.39, 0.29) is 18.2 Å². The quantitative estimate of drug-likeness (QED) is 0.474. The van der Waals surface area contributed by atoms with Crippen LogP contribution >= 0.6 is 0 Å². The summed E-state index contributed by atoms with van der Waals surface area (Å²) < 4.78 is 17.3. The number of nitrogens with zero attached hydrogens (tertiary/aromatic N) is 1. The maximum absolute atomic E-state index is 6.16. The fourth-order valence-corrected chi connectivity index (χ4v) is 3.37. The van der Waals surface area contributed by atoms with E-state index in [0.717, 1.165) is 17.9 Å². The Hall–Kier alpha value is -1.39. The zero-order valence-corrected chi connectivity index (χ0v) is 14.8. The van der Waals surface area contributed by atoms with Crippen LogP contribution in [0.25, 0.3) is 0 Å². The number of benzene rings is 1. The highest BCUT2D eigenvalue weighted by molar-refractivity contribution is 5.85. The molecule has 1 saturated heterocycles. The predicted octanol–water partition coefficient (Wildman–Crippen LogP) is 4.30. The van der Waals surface area contributed by atoms with Crippen LogP contribution in [0.5, 0.6) is 0 Å². The fraction of sp³-hybridized carbons (Fsp3) is 0.650. The van der Waals surface area contributed by atoms with E-state index in [9.17, 15) is 0 Å². The number of hydrogen-bond acceptors (Lipinski definition) is 4. The molecule has 1 fully saturated rings. The van der Waals surface area contributed by atoms with Gasteiger partial charge in [0.05, 0.1) is 12.7 Å². The standard InChI is InChI=1S/C20H29NO3/c1-3-4-5-6-10-13-17-19(23-17)20-21-16(14-22-2)18(24-20)15-11-8-7-9-12-15/h7-9,11-12,16-19H,3-6,10,13-14H2,1-2H3/t16-,17+,18-,19+/m0/s1. The summed E-state index contributed by atoms with van der Waals surface area (Å²) in [6.07, 6.45) is 7.89. The smallest absolute Gasteiger partial charge is 0.217 e. The molecule has 3 rings (SSSR count). The third-order valence-corrected chi connectivity index (χ3v) is 4.77. The summed E-state index contributed by atoms with van der Waals surface area (Å²) in [6.45, 7) is 2.81. The Labute approximate surface area is 145 Å². The molecule has 2 aliphatic rings. The Kier molecular flexibility index (Phi) is 6.27. The molecule has 0 aromatic heterocycles. The molecule has 0 spiro atoms. The van der Waals surface area contributed by atoms with Crippen molar-refractivity contribution in [3.63, 3.8) is 0 Å². The summed E-state index contributed by atoms with van der Waals surface area (Å²) in [4.78, 5) is 4.75. The molecule has 0 amide bonds. The van der Waals surface area contributed by atoms with Gasteiger partial charge in [0.1, 0.15) is 12.1 Å². The van der Waals surface area contributed by atoms with E-state index < -0.39 is 0 Å². The van der Waals surface area contributed by atoms with E-state index in [4.69, 9.17) is 19.2 Å². The van der Waals surface area contributed by atoms with Crippen molar-refractivity contribution < 1.29 is 14.2 Å². The maximum Gasteiger partial charge on any atom is 0.217 e. The lowest BCUT2D eigenvalue weighted by molar-refractivity contribution is 0.118. The van der Waals surface area contributed by atoms with Gasteiger partial charge in [0.25, 0.3) is 0 Å². The van der Waals surface area contributed by atoms with Crippen LogP contribution in [0.2, 0.25) is 0 Å². The largest absolute Gasteiger partial charge is 0.468 e. The maximum atomic E-state index is 6.16. The molecule has 1 aromatic rings. The number of rotatable bonds is 10. The Balaban J connectivity index is 1.51. The first-order valence-corrected chi connectivity index (χ1v) is 9.27. The van der Waals surface area contributed by atoms with Crippen molar-refractivity contribution in [2.45, 2.75) is 69.8 Å². The topological polar surface area (TPSA) is 43.4 Å². The number of aliphatic imine (C=N–C) groups is 1. The van der Waals surface area contributed by atoms with Gasteiger partial charge < -0.3 is 14.2 Å². The predicted molar refractivity (Wildman–Crippen MR) is 95.4 cm³/mol. The van der Waals surface area contributed by atoms with Gasteiger partial charge in [-0.2, -0.15) is 0 Å². The third kappa shape index (κ3) is 4.37. The van der Waals surface area contributed by atoms with Crippen molar-refractivity contribution in [2.24, 2.45) is 4.99 Å². The molecule has 0 N–H and O–H groups in total. The summed E-state index contributed by atoms with van der Waals surface area (Å²) in [6, 6.07) is 10.3. The average Bonchev–Trinajstić information content (AvgIpc) is 3.26. The Bertz CT molecular complexity index is 531. The molecule has 0 bridgehead atoms. The van der Waals surface area contributed by atoms with Crippen LogP contribution in [0.1, 0.15) is 57.1 Å². The summed E-state index contributed by atoms with van der Waals surface area (Å²) in [7, 11) is 1.71. The molecule has 4 atom stereocenters. The number of ether oxygens (including phenoxy) is 3. The van der Waals surface area contributed by atoms with Gasteiger partial charge in [-0.25, -0.2) is 4.99 Å². The molecule has 0 saturated carbocycles. The summed E-state index contributed by atoms with van der Waals surface area (Å²) in [5, 5.41) is 0. The molecule has 0 unspecified atom stereocenters. The monoisotopic (exact) mass is 331 g/mol. The second-order valence-corrected chi connectivity index (χ2v) is 6.74. The molecule has 0 aliphatic carbocycles. The zero-order chi connectivity index (χ0) is 16.8. The van der Waals surface area contributed by atoms with Crippen molar-refractivity contribution in [1.29, 1.82) is 0 Å². The van der Waals surface area contributed by atoms with E-state index in [1.807, 2.05) is 18.2 Å². The first kappa shape index (κ1) is 17.4. The van der Waals surface area contributed by atoms with Gasteiger partial charge in [-0.15, -0.1) is 0 Å². The molecule has 24 heavy (non-hydrogen) atoms. The Morgan fingerprint density at radius 3 is 2.58 bits per heavy atom. The van der Waals surface area contributed by atoms with E-state index in [1.54, 1.807) is 7.11 Å². The van der Waals surface area contributed by atoms with Crippen LogP contribution in [-0.2, 0) is 14.2 Å². The summed E-state index contributed by atoms with van der Waals surface area (Å²) >= 11 is 0. The van der Waals surface area contributed by atoms with Gasteiger partial charge >= 0.3 is 0 Å². The minimum atomic E-state index is -0.0597. The molecule has 0 radical (unpaired) electrons. The van der Waals surface area contributed by atoms with Crippen molar-refractivity contribution in [3.8, 4) is 0 Å². The Morgan fingerprint density at radius 1 is 1.04 bits per heavy atom. The highest BCUT2D eigenvalue weighted by atomic mass is 16.6. The van der Waals surface area contributed by atoms with Gasteiger partial charge in [-0.1, -0.05) is 69.4 Å². The number of unbranched alkanes of at least 4 members (excludes halogenated alkanes) is 4. The molecule has 4 nitrogen and oxygen atoms in total. The van der Waals surface area contributed by atoms with Gasteiger partial charge in [0.2, 0.25) is 5.90 Å². The normalized spacial score (nSPS) is 28.5. The Morgan fingerprint density at radius 2 is 1.83 bits per heavy atom. The van der Waals surface area contributed by atoms with Crippen LogP contribution in [0.15, 0.2) is 35.3 Å². The lowest BCUT2D eigenvalue weighted by Crippen LogP contribution is -2.19. The lowest BCUT2D eigenvalue weighted by atomic mass is 10.0. The third-order valence-electron chi connectivity index (χ3n) is 4.77. The first-order chi connectivity index (χ1) is 11.8. The summed E-state index contributed by atoms with van der Waals surface area (Å²) in [5.41, 5.74) is 1.15. The SMILES string of the molecule is CCCCCCC[C@H]1O[C@H]1C1=N[C@@H](COC)[C@H](c2ccccc2)O1. The molecule has 132 valence electrons. The van der Waals surface area contributed by atoms with Crippen molar-refractivity contribution in [1.82, 2.24) is 0 Å². The van der Waals surface area contributed by atoms with Crippen LogP contribution in [0.4, 0.5) is 0 Å². The van der Waals surface area contributed by atoms with Crippen LogP contribution in [-0.4, -0.2) is 37.9 Å². The number of methoxy groups -OCH3 is 1. The van der Waals surface area contributed by atoms with E-state index in [2.05, 4.69) is 19.1 Å². The highest BCUT2D eigenvalue weighted by Crippen LogP contribution is 2.37. The molecule has 1 aromatic carbocycles. The van der Waals surface area contributed by atoms with Gasteiger partial charge in [-0.3, -0.25) is 0 Å². The van der Waals surface area contributed by atoms with Crippen molar-refractivity contribution in [3.05, 3.63) is 35.9 Å². The van der Waals surface area contributed by atoms with Crippen molar-refractivity contribution in [2.75, 3.05) is 13.7 Å². The van der Waals surface area contributed by atoms with E-state index in [1.165, 1.54) is 32.1 Å². The van der Waals surface area contributed by atoms with Crippen LogP contribution in [0, 0.1) is 0 Å². The number of hydrogen-bond donors (Lipinski definition) is 0. The van der Waals surface area contributed by atoms with E-state index in [0.29, 0.717) is 12.7 Å². The average molecular weight is 331 g/mol. The van der Waals surface area contributed by atoms with Gasteiger partial charge in [0.15, 0.2) is 6.10 Å². The molecule has 2 heterocycles. The van der Waals surface area contributed by atoms with E-state index >= 15 is 0 Å². The fourth-order valence-electron chi connectivity index (χ4n) is 3.37. The minimum Gasteiger partial charge on any atom is -0.468 e. The van der Waals surface area contributed by atoms with Crippen molar-refractivity contribution >= 4 is 5.90 Å².